The predicted octanol–water partition coefficient (Wildman–Crippen LogP) is 2.68. The van der Waals surface area contributed by atoms with E-state index in [0.717, 1.165) is 11.8 Å². The quantitative estimate of drug-likeness (QED) is 0.481. The first-order valence-corrected chi connectivity index (χ1v) is 8.96. The summed E-state index contributed by atoms with van der Waals surface area (Å²) < 4.78 is 26.2. The number of aromatic nitrogens is 5. The second-order valence-corrected chi connectivity index (χ2v) is 6.30. The van der Waals surface area contributed by atoms with Crippen molar-refractivity contribution in [3.05, 3.63) is 60.2 Å². The molecule has 0 bridgehead atoms. The number of rotatable bonds is 7. The summed E-state index contributed by atoms with van der Waals surface area (Å²) in [6, 6.07) is 11.3. The van der Waals surface area contributed by atoms with E-state index in [2.05, 4.69) is 19.9 Å². The number of fused-ring (bicyclic) bond motifs is 1. The van der Waals surface area contributed by atoms with Crippen LogP contribution >= 0.6 is 0 Å². The fourth-order valence-electron chi connectivity index (χ4n) is 2.95. The minimum absolute atomic E-state index is 0.130. The van der Waals surface area contributed by atoms with Crippen LogP contribution in [-0.4, -0.2) is 44.8 Å². The Hall–Kier alpha value is -3.59. The summed E-state index contributed by atoms with van der Waals surface area (Å²) >= 11 is 0. The van der Waals surface area contributed by atoms with Crippen LogP contribution in [0.1, 0.15) is 5.56 Å². The fourth-order valence-corrected chi connectivity index (χ4v) is 2.95. The van der Waals surface area contributed by atoms with Gasteiger partial charge in [0.2, 0.25) is 0 Å². The van der Waals surface area contributed by atoms with Crippen molar-refractivity contribution in [2.24, 2.45) is 0 Å². The van der Waals surface area contributed by atoms with Gasteiger partial charge in [0.05, 0.1) is 19.3 Å². The number of hydrogen-bond donors (Lipinski definition) is 1. The van der Waals surface area contributed by atoms with Gasteiger partial charge >= 0.3 is 6.01 Å². The third-order valence-electron chi connectivity index (χ3n) is 4.27. The van der Waals surface area contributed by atoms with E-state index < -0.39 is 5.82 Å². The number of hydrogen-bond acceptors (Lipinski definition) is 7. The smallest absolute Gasteiger partial charge is 0.320 e. The zero-order chi connectivity index (χ0) is 20.2. The molecule has 3 heterocycles. The maximum atomic E-state index is 13.8. The van der Waals surface area contributed by atoms with E-state index in [-0.39, 0.29) is 18.4 Å². The molecule has 8 nitrogen and oxygen atoms in total. The summed E-state index contributed by atoms with van der Waals surface area (Å²) in [6.45, 7) is 1.14. The van der Waals surface area contributed by atoms with Gasteiger partial charge in [-0.3, -0.25) is 4.98 Å². The first-order chi connectivity index (χ1) is 14.2. The molecule has 0 aliphatic rings. The summed E-state index contributed by atoms with van der Waals surface area (Å²) in [7, 11) is 1.58. The van der Waals surface area contributed by atoms with Crippen LogP contribution in [0.5, 0.6) is 6.01 Å². The van der Waals surface area contributed by atoms with Crippen molar-refractivity contribution in [2.45, 2.75) is 6.54 Å². The van der Waals surface area contributed by atoms with Crippen LogP contribution in [-0.2, 0) is 11.3 Å². The van der Waals surface area contributed by atoms with Crippen molar-refractivity contribution in [1.82, 2.24) is 24.5 Å². The highest BCUT2D eigenvalue weighted by Gasteiger charge is 2.19. The Morgan fingerprint density at radius 1 is 1.07 bits per heavy atom. The standard InChI is InChI=1S/C20H19FN6O2/c1-28-7-8-29-20-25-17(22)16-19(26-20)27(12-13-5-3-2-4-6-13)18(24-16)14-9-15(21)11-23-10-14/h2-6,9-11H,7-8,12H2,1H3,(H2,22,25,26). The van der Waals surface area contributed by atoms with Crippen molar-refractivity contribution in [2.75, 3.05) is 26.1 Å². The average Bonchev–Trinajstić information content (AvgIpc) is 3.08. The van der Waals surface area contributed by atoms with Gasteiger partial charge in [-0.05, 0) is 11.6 Å². The molecule has 4 rings (SSSR count). The lowest BCUT2D eigenvalue weighted by Gasteiger charge is -2.10. The molecule has 29 heavy (non-hydrogen) atoms. The van der Waals surface area contributed by atoms with Crippen LogP contribution in [0.25, 0.3) is 22.6 Å². The van der Waals surface area contributed by atoms with Gasteiger partial charge in [-0.15, -0.1) is 0 Å². The molecule has 148 valence electrons. The van der Waals surface area contributed by atoms with Gasteiger partial charge < -0.3 is 19.8 Å². The number of benzene rings is 1. The Balaban J connectivity index is 1.86. The van der Waals surface area contributed by atoms with Crippen molar-refractivity contribution in [3.8, 4) is 17.4 Å². The number of anilines is 1. The minimum Gasteiger partial charge on any atom is -0.461 e. The highest BCUT2D eigenvalue weighted by Crippen LogP contribution is 2.28. The maximum Gasteiger partial charge on any atom is 0.320 e. The van der Waals surface area contributed by atoms with Gasteiger partial charge in [-0.25, -0.2) is 9.37 Å². The molecule has 0 amide bonds. The Kier molecular flexibility index (Phi) is 5.30. The monoisotopic (exact) mass is 394 g/mol. The van der Waals surface area contributed by atoms with E-state index in [9.17, 15) is 4.39 Å². The number of nitrogen functional groups attached to an aromatic ring is 1. The van der Waals surface area contributed by atoms with Crippen molar-refractivity contribution in [1.29, 1.82) is 0 Å². The van der Waals surface area contributed by atoms with Gasteiger partial charge in [0.1, 0.15) is 18.2 Å². The molecule has 0 fully saturated rings. The summed E-state index contributed by atoms with van der Waals surface area (Å²) in [5, 5.41) is 0. The third-order valence-corrected chi connectivity index (χ3v) is 4.27. The zero-order valence-corrected chi connectivity index (χ0v) is 15.7. The fraction of sp³-hybridized carbons (Fsp3) is 0.200. The molecule has 1 aromatic carbocycles. The number of nitrogens with zero attached hydrogens (tertiary/aromatic N) is 5. The molecular formula is C20H19FN6O2. The Bertz CT molecular complexity index is 1130. The van der Waals surface area contributed by atoms with Crippen LogP contribution in [0.3, 0.4) is 0 Å². The molecular weight excluding hydrogens is 375 g/mol. The first kappa shape index (κ1) is 18.8. The molecule has 0 aliphatic heterocycles. The van der Waals surface area contributed by atoms with Crippen molar-refractivity contribution < 1.29 is 13.9 Å². The van der Waals surface area contributed by atoms with Gasteiger partial charge in [-0.2, -0.15) is 9.97 Å². The van der Waals surface area contributed by atoms with Gasteiger partial charge in [0.15, 0.2) is 17.0 Å². The molecule has 0 radical (unpaired) electrons. The predicted molar refractivity (Wildman–Crippen MR) is 106 cm³/mol. The minimum atomic E-state index is -0.455. The van der Waals surface area contributed by atoms with E-state index in [4.69, 9.17) is 15.2 Å². The molecule has 2 N–H and O–H groups in total. The van der Waals surface area contributed by atoms with Crippen LogP contribution in [0.2, 0.25) is 0 Å². The zero-order valence-electron chi connectivity index (χ0n) is 15.7. The number of halogens is 1. The topological polar surface area (TPSA) is 101 Å². The lowest BCUT2D eigenvalue weighted by Crippen LogP contribution is -2.09. The maximum absolute atomic E-state index is 13.8. The highest BCUT2D eigenvalue weighted by molar-refractivity contribution is 5.85. The SMILES string of the molecule is COCCOc1nc(N)c2nc(-c3cncc(F)c3)n(Cc3ccccc3)c2n1. The first-order valence-electron chi connectivity index (χ1n) is 8.96. The Morgan fingerprint density at radius 2 is 1.90 bits per heavy atom. The summed E-state index contributed by atoms with van der Waals surface area (Å²) in [6.07, 6.45) is 2.69. The average molecular weight is 394 g/mol. The van der Waals surface area contributed by atoms with Crippen molar-refractivity contribution >= 4 is 17.0 Å². The second kappa shape index (κ2) is 8.19. The second-order valence-electron chi connectivity index (χ2n) is 6.30. The molecule has 0 aliphatic carbocycles. The number of nitrogens with two attached hydrogens (primary N) is 1. The molecule has 0 saturated heterocycles. The van der Waals surface area contributed by atoms with Gasteiger partial charge in [0.25, 0.3) is 0 Å². The van der Waals surface area contributed by atoms with Crippen LogP contribution < -0.4 is 10.5 Å². The van der Waals surface area contributed by atoms with E-state index in [1.54, 1.807) is 13.3 Å². The number of pyridine rings is 1. The third kappa shape index (κ3) is 3.99. The van der Waals surface area contributed by atoms with Crippen LogP contribution in [0, 0.1) is 5.82 Å². The number of ether oxygens (including phenoxy) is 2. The molecule has 0 atom stereocenters. The summed E-state index contributed by atoms with van der Waals surface area (Å²) in [4.78, 5) is 17.2. The van der Waals surface area contributed by atoms with Crippen LogP contribution in [0.4, 0.5) is 10.2 Å². The highest BCUT2D eigenvalue weighted by atomic mass is 19.1. The molecule has 4 aromatic rings. The largest absolute Gasteiger partial charge is 0.461 e. The Labute approximate surface area is 166 Å². The van der Waals surface area contributed by atoms with E-state index in [0.29, 0.717) is 35.7 Å². The lowest BCUT2D eigenvalue weighted by atomic mass is 10.2. The molecule has 9 heteroatoms. The molecule has 0 unspecified atom stereocenters. The molecule has 3 aromatic heterocycles. The number of methoxy groups -OCH3 is 1. The summed E-state index contributed by atoms with van der Waals surface area (Å²) in [5.41, 5.74) is 8.57. The van der Waals surface area contributed by atoms with E-state index >= 15 is 0 Å². The molecule has 0 saturated carbocycles. The van der Waals surface area contributed by atoms with E-state index in [1.807, 2.05) is 34.9 Å². The number of imidazole rings is 1. The van der Waals surface area contributed by atoms with Gasteiger partial charge in [-0.1, -0.05) is 30.3 Å². The Morgan fingerprint density at radius 3 is 2.66 bits per heavy atom. The van der Waals surface area contributed by atoms with E-state index in [1.165, 1.54) is 6.07 Å². The van der Waals surface area contributed by atoms with Crippen molar-refractivity contribution in [3.63, 3.8) is 0 Å². The molecule has 0 spiro atoms. The van der Waals surface area contributed by atoms with Gasteiger partial charge in [0, 0.05) is 18.9 Å². The summed E-state index contributed by atoms with van der Waals surface area (Å²) in [5.74, 6) is 0.217. The normalized spacial score (nSPS) is 11.1. The lowest BCUT2D eigenvalue weighted by molar-refractivity contribution is 0.141. The van der Waals surface area contributed by atoms with Crippen LogP contribution in [0.15, 0.2) is 48.8 Å².